The van der Waals surface area contributed by atoms with Gasteiger partial charge in [0.15, 0.2) is 0 Å². The van der Waals surface area contributed by atoms with Crippen molar-refractivity contribution in [1.82, 2.24) is 0 Å². The SMILES string of the molecule is CCCCC(O)O[P+](=O)O.[Ca+2].[H-].[H-]. The Morgan fingerprint density at radius 1 is 1.73 bits per heavy atom. The van der Waals surface area contributed by atoms with Crippen molar-refractivity contribution in [3.63, 3.8) is 0 Å². The third-order valence-corrected chi connectivity index (χ3v) is 1.44. The van der Waals surface area contributed by atoms with Gasteiger partial charge in [0.1, 0.15) is 0 Å². The molecule has 0 aromatic carbocycles. The van der Waals surface area contributed by atoms with Crippen molar-refractivity contribution >= 4 is 46.0 Å². The van der Waals surface area contributed by atoms with Crippen LogP contribution in [-0.4, -0.2) is 54.0 Å². The van der Waals surface area contributed by atoms with Gasteiger partial charge in [-0.3, -0.25) is 0 Å². The van der Waals surface area contributed by atoms with Crippen LogP contribution < -0.4 is 0 Å². The maximum atomic E-state index is 9.94. The average Bonchev–Trinajstić information content (AvgIpc) is 1.82. The van der Waals surface area contributed by atoms with Crippen molar-refractivity contribution in [3.05, 3.63) is 0 Å². The fourth-order valence-corrected chi connectivity index (χ4v) is 0.849. The summed E-state index contributed by atoms with van der Waals surface area (Å²) in [6, 6.07) is 0. The summed E-state index contributed by atoms with van der Waals surface area (Å²) in [5.74, 6) is 0. The van der Waals surface area contributed by atoms with Gasteiger partial charge < -0.3 is 7.96 Å². The Morgan fingerprint density at radius 3 is 2.64 bits per heavy atom. The van der Waals surface area contributed by atoms with Gasteiger partial charge in [-0.15, -0.1) is 4.89 Å². The van der Waals surface area contributed by atoms with E-state index in [-0.39, 0.29) is 40.6 Å². The minimum absolute atomic E-state index is 0. The Morgan fingerprint density at radius 2 is 2.27 bits per heavy atom. The van der Waals surface area contributed by atoms with Gasteiger partial charge in [-0.1, -0.05) is 17.9 Å². The van der Waals surface area contributed by atoms with Crippen LogP contribution in [0, 0.1) is 0 Å². The van der Waals surface area contributed by atoms with Crippen molar-refractivity contribution in [2.45, 2.75) is 32.5 Å². The largest absolute Gasteiger partial charge is 2.00 e. The first kappa shape index (κ1) is 14.7. The van der Waals surface area contributed by atoms with E-state index >= 15 is 0 Å². The van der Waals surface area contributed by atoms with Crippen molar-refractivity contribution in [2.75, 3.05) is 0 Å². The van der Waals surface area contributed by atoms with Gasteiger partial charge >= 0.3 is 46.0 Å². The van der Waals surface area contributed by atoms with E-state index < -0.39 is 14.5 Å². The van der Waals surface area contributed by atoms with Crippen LogP contribution in [0.2, 0.25) is 0 Å². The molecule has 0 bridgehead atoms. The van der Waals surface area contributed by atoms with E-state index in [0.29, 0.717) is 6.42 Å². The van der Waals surface area contributed by atoms with Gasteiger partial charge in [-0.05, 0) is 6.42 Å². The standard InChI is InChI=1S/C5H11O4P.Ca.2H/c1-2-3-4-5(6)9-10(7)8;;;/h5-6H,2-4H2,1H3;;;/q;+2;2*-1/p+1. The Hall–Kier alpha value is 1.24. The van der Waals surface area contributed by atoms with Crippen LogP contribution in [0.5, 0.6) is 0 Å². The van der Waals surface area contributed by atoms with Crippen LogP contribution in [-0.2, 0) is 9.09 Å². The minimum atomic E-state index is -2.66. The number of aliphatic hydroxyl groups is 1. The molecule has 0 aliphatic rings. The smallest absolute Gasteiger partial charge is 1.00 e. The number of hydrogen-bond donors (Lipinski definition) is 2. The molecule has 0 rings (SSSR count). The van der Waals surface area contributed by atoms with Crippen LogP contribution in [0.3, 0.4) is 0 Å². The molecule has 0 spiro atoms. The second kappa shape index (κ2) is 9.33. The summed E-state index contributed by atoms with van der Waals surface area (Å²) in [6.45, 7) is 1.96. The van der Waals surface area contributed by atoms with E-state index in [1.165, 1.54) is 0 Å². The second-order valence-electron chi connectivity index (χ2n) is 1.94. The molecule has 64 valence electrons. The molecule has 0 aromatic rings. The quantitative estimate of drug-likeness (QED) is 0.403. The number of unbranched alkanes of at least 4 members (excludes halogenated alkanes) is 1. The Balaban J connectivity index is -0.000000135. The third-order valence-electron chi connectivity index (χ3n) is 1.02. The first-order chi connectivity index (χ1) is 4.66. The molecule has 6 heteroatoms. The number of hydrogen-bond acceptors (Lipinski definition) is 3. The summed E-state index contributed by atoms with van der Waals surface area (Å²) in [5.41, 5.74) is 0. The minimum Gasteiger partial charge on any atom is -1.00 e. The molecule has 0 radical (unpaired) electrons. The molecular weight excluding hydrogens is 195 g/mol. The van der Waals surface area contributed by atoms with Crippen molar-refractivity contribution in [1.29, 1.82) is 0 Å². The molecule has 2 unspecified atom stereocenters. The van der Waals surface area contributed by atoms with Gasteiger partial charge in [-0.2, -0.15) is 0 Å². The molecule has 0 aliphatic heterocycles. The normalized spacial score (nSPS) is 13.5. The summed E-state index contributed by atoms with van der Waals surface area (Å²) in [7, 11) is -2.66. The van der Waals surface area contributed by atoms with Gasteiger partial charge in [0.05, 0.1) is 0 Å². The molecule has 11 heavy (non-hydrogen) atoms. The number of aliphatic hydroxyl groups excluding tert-OH is 1. The van der Waals surface area contributed by atoms with Gasteiger partial charge in [0, 0.05) is 11.0 Å². The Bertz CT molecular complexity index is 119. The first-order valence-electron chi connectivity index (χ1n) is 3.17. The van der Waals surface area contributed by atoms with Crippen LogP contribution in [0.1, 0.15) is 29.0 Å². The van der Waals surface area contributed by atoms with E-state index in [9.17, 15) is 4.57 Å². The molecule has 4 nitrogen and oxygen atoms in total. The zero-order chi connectivity index (χ0) is 7.98. The monoisotopic (exact) mass is 209 g/mol. The molecular formula is C5H14CaO4P+. The molecule has 0 amide bonds. The van der Waals surface area contributed by atoms with Gasteiger partial charge in [0.25, 0.3) is 0 Å². The summed E-state index contributed by atoms with van der Waals surface area (Å²) >= 11 is 0. The third kappa shape index (κ3) is 11.2. The van der Waals surface area contributed by atoms with E-state index in [4.69, 9.17) is 10.00 Å². The first-order valence-corrected chi connectivity index (χ1v) is 4.30. The molecule has 0 aliphatic carbocycles. The fourth-order valence-electron chi connectivity index (χ4n) is 0.536. The zero-order valence-corrected chi connectivity index (χ0v) is 9.67. The van der Waals surface area contributed by atoms with Crippen LogP contribution in [0.15, 0.2) is 0 Å². The topological polar surface area (TPSA) is 66.8 Å². The van der Waals surface area contributed by atoms with Crippen LogP contribution >= 0.6 is 8.25 Å². The molecule has 0 fully saturated rings. The maximum Gasteiger partial charge on any atom is 2.00 e. The number of rotatable bonds is 5. The molecule has 0 saturated heterocycles. The van der Waals surface area contributed by atoms with E-state index in [1.807, 2.05) is 6.92 Å². The predicted octanol–water partition coefficient (Wildman–Crippen LogP) is 1.01. The molecule has 2 N–H and O–H groups in total. The Kier molecular flexibility index (Phi) is 12.5. The second-order valence-corrected chi connectivity index (χ2v) is 2.63. The maximum absolute atomic E-state index is 9.94. The molecule has 0 saturated carbocycles. The van der Waals surface area contributed by atoms with Crippen molar-refractivity contribution in [3.8, 4) is 0 Å². The molecule has 0 aromatic heterocycles. The zero-order valence-electron chi connectivity index (χ0n) is 8.56. The fraction of sp³-hybridized carbons (Fsp3) is 1.00. The van der Waals surface area contributed by atoms with Gasteiger partial charge in [-0.25, -0.2) is 0 Å². The summed E-state index contributed by atoms with van der Waals surface area (Å²) in [5, 5.41) is 8.78. The van der Waals surface area contributed by atoms with Crippen molar-refractivity contribution < 1.29 is 21.9 Å². The van der Waals surface area contributed by atoms with Gasteiger partial charge in [0.2, 0.25) is 6.29 Å². The summed E-state index contributed by atoms with van der Waals surface area (Å²) in [4.78, 5) is 8.15. The molecule has 2 atom stereocenters. The van der Waals surface area contributed by atoms with E-state index in [2.05, 4.69) is 4.52 Å². The Labute approximate surface area is 99.9 Å². The van der Waals surface area contributed by atoms with Crippen LogP contribution in [0.4, 0.5) is 0 Å². The van der Waals surface area contributed by atoms with E-state index in [1.54, 1.807) is 0 Å². The predicted molar refractivity (Wildman–Crippen MR) is 44.4 cm³/mol. The summed E-state index contributed by atoms with van der Waals surface area (Å²) < 4.78 is 14.1. The summed E-state index contributed by atoms with van der Waals surface area (Å²) in [6.07, 6.45) is 1.05. The van der Waals surface area contributed by atoms with E-state index in [0.717, 1.165) is 12.8 Å². The molecule has 0 heterocycles. The van der Waals surface area contributed by atoms with Crippen molar-refractivity contribution in [2.24, 2.45) is 0 Å². The average molecular weight is 209 g/mol. The van der Waals surface area contributed by atoms with Crippen LogP contribution in [0.25, 0.3) is 0 Å².